The smallest absolute Gasteiger partial charge is 0.308 e. The number of carbonyl (C=O) groups excluding carboxylic acids is 2. The van der Waals surface area contributed by atoms with Gasteiger partial charge in [-0.1, -0.05) is 18.2 Å². The predicted molar refractivity (Wildman–Crippen MR) is 107 cm³/mol. The number of carbonyl (C=O) groups is 2. The first-order valence-corrected chi connectivity index (χ1v) is 10.9. The van der Waals surface area contributed by atoms with E-state index in [9.17, 15) is 9.59 Å². The van der Waals surface area contributed by atoms with Gasteiger partial charge in [0.1, 0.15) is 0 Å². The summed E-state index contributed by atoms with van der Waals surface area (Å²) in [6, 6.07) is 8.77. The van der Waals surface area contributed by atoms with Crippen LogP contribution >= 0.6 is 0 Å². The molecule has 0 radical (unpaired) electrons. The molecule has 5 nitrogen and oxygen atoms in total. The van der Waals surface area contributed by atoms with Crippen LogP contribution in [-0.4, -0.2) is 42.5 Å². The molecule has 1 amide bonds. The van der Waals surface area contributed by atoms with Crippen LogP contribution in [0.2, 0.25) is 0 Å². The number of esters is 1. The summed E-state index contributed by atoms with van der Waals surface area (Å²) in [4.78, 5) is 27.4. The summed E-state index contributed by atoms with van der Waals surface area (Å²) in [6.45, 7) is 4.61. The van der Waals surface area contributed by atoms with Crippen LogP contribution < -0.4 is 5.32 Å². The quantitative estimate of drug-likeness (QED) is 0.813. The van der Waals surface area contributed by atoms with E-state index in [2.05, 4.69) is 16.3 Å². The largest absolute Gasteiger partial charge is 0.466 e. The molecule has 2 aliphatic carbocycles. The van der Waals surface area contributed by atoms with Crippen LogP contribution in [0.5, 0.6) is 0 Å². The Morgan fingerprint density at radius 2 is 1.96 bits per heavy atom. The number of hydrogen-bond acceptors (Lipinski definition) is 4. The van der Waals surface area contributed by atoms with Gasteiger partial charge in [0.25, 0.3) is 0 Å². The number of amides is 1. The van der Waals surface area contributed by atoms with Crippen LogP contribution in [-0.2, 0) is 19.7 Å². The van der Waals surface area contributed by atoms with Gasteiger partial charge in [0.05, 0.1) is 17.9 Å². The molecule has 1 aromatic carbocycles. The van der Waals surface area contributed by atoms with Crippen molar-refractivity contribution in [1.82, 2.24) is 4.90 Å². The van der Waals surface area contributed by atoms with Gasteiger partial charge < -0.3 is 10.1 Å². The lowest BCUT2D eigenvalue weighted by atomic mass is 9.61. The lowest BCUT2D eigenvalue weighted by Crippen LogP contribution is -2.47. The van der Waals surface area contributed by atoms with Crippen LogP contribution in [0.3, 0.4) is 0 Å². The summed E-state index contributed by atoms with van der Waals surface area (Å²) in [5.41, 5.74) is 2.23. The monoisotopic (exact) mass is 382 g/mol. The molecule has 5 heteroatoms. The number of nitrogens with one attached hydrogen (secondary N) is 1. The zero-order valence-corrected chi connectivity index (χ0v) is 16.7. The Morgan fingerprint density at radius 1 is 1.21 bits per heavy atom. The van der Waals surface area contributed by atoms with E-state index >= 15 is 0 Å². The first kappa shape index (κ1) is 18.2. The fourth-order valence-electron chi connectivity index (χ4n) is 6.36. The minimum absolute atomic E-state index is 0.00269. The second-order valence-electron chi connectivity index (χ2n) is 9.39. The van der Waals surface area contributed by atoms with E-state index in [1.807, 2.05) is 25.1 Å². The number of fused-ring (bicyclic) bond motifs is 2. The van der Waals surface area contributed by atoms with Gasteiger partial charge in [-0.25, -0.2) is 0 Å². The van der Waals surface area contributed by atoms with Gasteiger partial charge in [0.15, 0.2) is 0 Å². The molecule has 2 heterocycles. The van der Waals surface area contributed by atoms with Gasteiger partial charge in [-0.15, -0.1) is 0 Å². The molecule has 1 N–H and O–H groups in total. The van der Waals surface area contributed by atoms with Gasteiger partial charge in [0.2, 0.25) is 5.91 Å². The topological polar surface area (TPSA) is 58.6 Å². The number of ether oxygens (including phenoxy) is 1. The van der Waals surface area contributed by atoms with E-state index < -0.39 is 0 Å². The van der Waals surface area contributed by atoms with E-state index in [1.54, 1.807) is 0 Å². The van der Waals surface area contributed by atoms with Crippen molar-refractivity contribution in [3.05, 3.63) is 29.8 Å². The maximum Gasteiger partial charge on any atom is 0.308 e. The number of nitrogens with zero attached hydrogens (tertiary/aromatic N) is 1. The molecule has 2 aliphatic heterocycles. The van der Waals surface area contributed by atoms with Crippen LogP contribution in [0.4, 0.5) is 5.69 Å². The Morgan fingerprint density at radius 3 is 2.71 bits per heavy atom. The van der Waals surface area contributed by atoms with Crippen molar-refractivity contribution < 1.29 is 14.3 Å². The third-order valence-corrected chi connectivity index (χ3v) is 7.90. The average Bonchev–Trinajstić information content (AvgIpc) is 3.23. The molecule has 1 saturated heterocycles. The molecule has 4 aliphatic rings. The standard InChI is InChI=1S/C23H30N2O3/c1-2-28-20(26)16-13-22(14-16)11-12-25(15-22)17-7-9-23(10-8-17)18-5-3-4-6-19(18)24-21(23)27/h3-6,16-17H,2,7-15H2,1H3,(H,24,27). The number of para-hydroxylation sites is 1. The van der Waals surface area contributed by atoms with E-state index in [-0.39, 0.29) is 23.2 Å². The highest BCUT2D eigenvalue weighted by Gasteiger charge is 2.54. The van der Waals surface area contributed by atoms with Crippen molar-refractivity contribution in [3.63, 3.8) is 0 Å². The number of anilines is 1. The molecule has 0 unspecified atom stereocenters. The number of likely N-dealkylation sites (tertiary alicyclic amines) is 1. The Bertz CT molecular complexity index is 791. The molecule has 0 atom stereocenters. The van der Waals surface area contributed by atoms with Crippen molar-refractivity contribution >= 4 is 17.6 Å². The van der Waals surface area contributed by atoms with Crippen LogP contribution in [0.1, 0.15) is 57.4 Å². The number of benzene rings is 1. The minimum Gasteiger partial charge on any atom is -0.466 e. The molecule has 2 spiro atoms. The molecule has 2 saturated carbocycles. The van der Waals surface area contributed by atoms with Gasteiger partial charge in [-0.3, -0.25) is 14.5 Å². The minimum atomic E-state index is -0.310. The molecule has 5 rings (SSSR count). The summed E-state index contributed by atoms with van der Waals surface area (Å²) in [5, 5.41) is 3.10. The SMILES string of the molecule is CCOC(=O)C1CC2(CCN(C3CCC4(CC3)C(=O)Nc3ccccc34)C2)C1. The van der Waals surface area contributed by atoms with Crippen molar-refractivity contribution in [3.8, 4) is 0 Å². The van der Waals surface area contributed by atoms with E-state index in [4.69, 9.17) is 4.74 Å². The molecule has 3 fully saturated rings. The van der Waals surface area contributed by atoms with Gasteiger partial charge >= 0.3 is 5.97 Å². The van der Waals surface area contributed by atoms with E-state index in [1.165, 1.54) is 12.0 Å². The van der Waals surface area contributed by atoms with Crippen molar-refractivity contribution in [2.75, 3.05) is 25.0 Å². The van der Waals surface area contributed by atoms with Crippen molar-refractivity contribution in [1.29, 1.82) is 0 Å². The summed E-state index contributed by atoms with van der Waals surface area (Å²) in [7, 11) is 0. The zero-order valence-electron chi connectivity index (χ0n) is 16.7. The third-order valence-electron chi connectivity index (χ3n) is 7.90. The van der Waals surface area contributed by atoms with Crippen LogP contribution in [0.25, 0.3) is 0 Å². The molecule has 0 aromatic heterocycles. The Hall–Kier alpha value is -1.88. The van der Waals surface area contributed by atoms with Gasteiger partial charge in [-0.2, -0.15) is 0 Å². The summed E-state index contributed by atoms with van der Waals surface area (Å²) in [6.07, 6.45) is 7.24. The summed E-state index contributed by atoms with van der Waals surface area (Å²) in [5.74, 6) is 0.312. The molecular weight excluding hydrogens is 352 g/mol. The second kappa shape index (κ2) is 6.58. The normalized spacial score (nSPS) is 37.0. The molecule has 28 heavy (non-hydrogen) atoms. The zero-order chi connectivity index (χ0) is 19.4. The number of hydrogen-bond donors (Lipinski definition) is 1. The highest BCUT2D eigenvalue weighted by molar-refractivity contribution is 6.06. The maximum absolute atomic E-state index is 12.8. The lowest BCUT2D eigenvalue weighted by molar-refractivity contribution is -0.156. The number of rotatable bonds is 3. The fourth-order valence-corrected chi connectivity index (χ4v) is 6.36. The Balaban J connectivity index is 1.20. The molecular formula is C23H30N2O3. The van der Waals surface area contributed by atoms with Crippen molar-refractivity contribution in [2.45, 2.75) is 63.3 Å². The Kier molecular flexibility index (Phi) is 4.27. The van der Waals surface area contributed by atoms with E-state index in [0.29, 0.717) is 18.1 Å². The molecule has 150 valence electrons. The van der Waals surface area contributed by atoms with E-state index in [0.717, 1.165) is 57.3 Å². The third kappa shape index (κ3) is 2.70. The average molecular weight is 383 g/mol. The predicted octanol–water partition coefficient (Wildman–Crippen LogP) is 3.48. The highest BCUT2D eigenvalue weighted by Crippen LogP contribution is 2.54. The molecule has 0 bridgehead atoms. The summed E-state index contributed by atoms with van der Waals surface area (Å²) >= 11 is 0. The van der Waals surface area contributed by atoms with Crippen molar-refractivity contribution in [2.24, 2.45) is 11.3 Å². The van der Waals surface area contributed by atoms with Crippen LogP contribution in [0, 0.1) is 11.3 Å². The highest BCUT2D eigenvalue weighted by atomic mass is 16.5. The van der Waals surface area contributed by atoms with Crippen LogP contribution in [0.15, 0.2) is 24.3 Å². The maximum atomic E-state index is 12.8. The first-order valence-electron chi connectivity index (χ1n) is 10.9. The second-order valence-corrected chi connectivity index (χ2v) is 9.39. The van der Waals surface area contributed by atoms with Gasteiger partial charge in [0, 0.05) is 18.3 Å². The lowest BCUT2D eigenvalue weighted by Gasteiger charge is -2.45. The fraction of sp³-hybridized carbons (Fsp3) is 0.652. The Labute approximate surface area is 166 Å². The van der Waals surface area contributed by atoms with Gasteiger partial charge in [-0.05, 0) is 75.5 Å². The summed E-state index contributed by atoms with van der Waals surface area (Å²) < 4.78 is 5.19. The first-order chi connectivity index (χ1) is 13.6. The molecule has 1 aromatic rings.